The van der Waals surface area contributed by atoms with E-state index < -0.39 is 0 Å². The van der Waals surface area contributed by atoms with Crippen molar-refractivity contribution in [2.45, 2.75) is 19.3 Å². The molecule has 0 spiro atoms. The van der Waals surface area contributed by atoms with Crippen LogP contribution in [0, 0.1) is 0 Å². The van der Waals surface area contributed by atoms with Crippen LogP contribution in [0.15, 0.2) is 30.3 Å². The first-order chi connectivity index (χ1) is 14.7. The van der Waals surface area contributed by atoms with Crippen molar-refractivity contribution in [3.63, 3.8) is 0 Å². The van der Waals surface area contributed by atoms with Crippen LogP contribution in [0.5, 0.6) is 0 Å². The second-order valence-electron chi connectivity index (χ2n) is 7.56. The van der Waals surface area contributed by atoms with Crippen LogP contribution in [-0.2, 0) is 22.4 Å². The molecule has 7 nitrogen and oxygen atoms in total. The van der Waals surface area contributed by atoms with Crippen molar-refractivity contribution in [1.82, 2.24) is 10.2 Å². The summed E-state index contributed by atoms with van der Waals surface area (Å²) in [5.74, 6) is -0.276. The van der Waals surface area contributed by atoms with E-state index in [0.29, 0.717) is 10.6 Å². The van der Waals surface area contributed by atoms with Crippen LogP contribution >= 0.6 is 11.3 Å². The van der Waals surface area contributed by atoms with Crippen LogP contribution in [0.3, 0.4) is 0 Å². The highest BCUT2D eigenvalue weighted by atomic mass is 32.1. The van der Waals surface area contributed by atoms with Crippen LogP contribution in [0.25, 0.3) is 0 Å². The zero-order chi connectivity index (χ0) is 20.8. The van der Waals surface area contributed by atoms with Crippen LogP contribution in [0.2, 0.25) is 0 Å². The quantitative estimate of drug-likeness (QED) is 0.562. The van der Waals surface area contributed by atoms with Gasteiger partial charge in [0.2, 0.25) is 5.91 Å². The fourth-order valence-corrected chi connectivity index (χ4v) is 5.19. The summed E-state index contributed by atoms with van der Waals surface area (Å²) in [5, 5.41) is 9.79. The number of para-hydroxylation sites is 1. The maximum Gasteiger partial charge on any atom is 0.258 e. The molecule has 2 aromatic rings. The number of rotatable bonds is 8. The smallest absolute Gasteiger partial charge is 0.258 e. The number of thiophene rings is 1. The van der Waals surface area contributed by atoms with Crippen molar-refractivity contribution in [2.75, 3.05) is 56.6 Å². The maximum atomic E-state index is 13.0. The number of hydrogen-bond donors (Lipinski definition) is 3. The highest BCUT2D eigenvalue weighted by Crippen LogP contribution is 2.39. The van der Waals surface area contributed by atoms with Crippen molar-refractivity contribution in [3.8, 4) is 0 Å². The van der Waals surface area contributed by atoms with Gasteiger partial charge in [-0.1, -0.05) is 18.2 Å². The number of hydrogen-bond acceptors (Lipinski definition) is 6. The zero-order valence-corrected chi connectivity index (χ0v) is 17.9. The van der Waals surface area contributed by atoms with Crippen LogP contribution in [0.1, 0.15) is 27.2 Å². The Kier molecular flexibility index (Phi) is 7.11. The molecule has 0 atom stereocenters. The lowest BCUT2D eigenvalue weighted by Gasteiger charge is -2.26. The summed E-state index contributed by atoms with van der Waals surface area (Å²) in [5.41, 5.74) is 2.46. The molecule has 160 valence electrons. The molecule has 1 aromatic carbocycles. The van der Waals surface area contributed by atoms with E-state index in [2.05, 4.69) is 20.9 Å². The Bertz CT molecular complexity index is 878. The van der Waals surface area contributed by atoms with Crippen LogP contribution in [0.4, 0.5) is 10.7 Å². The van der Waals surface area contributed by atoms with Gasteiger partial charge < -0.3 is 20.7 Å². The van der Waals surface area contributed by atoms with Crippen LogP contribution < -0.4 is 16.0 Å². The standard InChI is InChI=1S/C22H28N4O3S/c27-19(15-23-9-10-26-11-13-29-14-12-26)25-22-20(17-7-4-8-18(17)30-22)21(28)24-16-5-2-1-3-6-16/h1-3,5-6,23H,4,7-15H2,(H,24,28)(H,25,27). The summed E-state index contributed by atoms with van der Waals surface area (Å²) in [6.45, 7) is 5.30. The molecule has 0 saturated carbocycles. The Balaban J connectivity index is 1.34. The maximum absolute atomic E-state index is 13.0. The first-order valence-corrected chi connectivity index (χ1v) is 11.3. The fourth-order valence-electron chi connectivity index (χ4n) is 3.88. The molecule has 4 rings (SSSR count). The number of anilines is 2. The lowest BCUT2D eigenvalue weighted by Crippen LogP contribution is -2.41. The Morgan fingerprint density at radius 3 is 2.67 bits per heavy atom. The number of benzene rings is 1. The fraction of sp³-hybridized carbons (Fsp3) is 0.455. The van der Waals surface area contributed by atoms with Gasteiger partial charge in [0.05, 0.1) is 25.3 Å². The normalized spacial score (nSPS) is 16.3. The van der Waals surface area contributed by atoms with Gasteiger partial charge in [0, 0.05) is 36.7 Å². The lowest BCUT2D eigenvalue weighted by atomic mass is 10.1. The highest BCUT2D eigenvalue weighted by molar-refractivity contribution is 7.17. The number of morpholine rings is 1. The Labute approximate surface area is 180 Å². The van der Waals surface area contributed by atoms with Crippen molar-refractivity contribution in [3.05, 3.63) is 46.3 Å². The van der Waals surface area contributed by atoms with Crippen molar-refractivity contribution in [2.24, 2.45) is 0 Å². The van der Waals surface area contributed by atoms with E-state index in [0.717, 1.165) is 69.9 Å². The monoisotopic (exact) mass is 428 g/mol. The minimum Gasteiger partial charge on any atom is -0.379 e. The zero-order valence-electron chi connectivity index (χ0n) is 17.0. The predicted octanol–water partition coefficient (Wildman–Crippen LogP) is 2.35. The average molecular weight is 429 g/mol. The molecule has 2 amide bonds. The number of nitrogens with one attached hydrogen (secondary N) is 3. The lowest BCUT2D eigenvalue weighted by molar-refractivity contribution is -0.115. The minimum atomic E-state index is -0.156. The number of carbonyl (C=O) groups excluding carboxylic acids is 2. The molecule has 2 aliphatic rings. The number of nitrogens with zero attached hydrogens (tertiary/aromatic N) is 1. The van der Waals surface area contributed by atoms with E-state index in [9.17, 15) is 9.59 Å². The summed E-state index contributed by atoms with van der Waals surface area (Å²) >= 11 is 1.54. The van der Waals surface area contributed by atoms with Gasteiger partial charge in [0.15, 0.2) is 0 Å². The molecule has 1 aliphatic carbocycles. The number of aryl methyl sites for hydroxylation is 1. The molecule has 0 bridgehead atoms. The average Bonchev–Trinajstić information content (AvgIpc) is 3.33. The molecule has 1 aromatic heterocycles. The van der Waals surface area contributed by atoms with Gasteiger partial charge >= 0.3 is 0 Å². The Hall–Kier alpha value is -2.26. The van der Waals surface area contributed by atoms with Gasteiger partial charge in [-0.25, -0.2) is 0 Å². The van der Waals surface area contributed by atoms with E-state index in [1.54, 1.807) is 0 Å². The van der Waals surface area contributed by atoms with Gasteiger partial charge in [-0.05, 0) is 37.0 Å². The van der Waals surface area contributed by atoms with Crippen molar-refractivity contribution < 1.29 is 14.3 Å². The van der Waals surface area contributed by atoms with Crippen LogP contribution in [-0.4, -0.2) is 62.7 Å². The molecule has 30 heavy (non-hydrogen) atoms. The van der Waals surface area contributed by atoms with Gasteiger partial charge in [-0.15, -0.1) is 11.3 Å². The Morgan fingerprint density at radius 1 is 1.07 bits per heavy atom. The van der Waals surface area contributed by atoms with E-state index in [4.69, 9.17) is 4.74 Å². The number of carbonyl (C=O) groups is 2. The summed E-state index contributed by atoms with van der Waals surface area (Å²) in [7, 11) is 0. The third kappa shape index (κ3) is 5.26. The van der Waals surface area contributed by atoms with E-state index in [1.807, 2.05) is 30.3 Å². The molecular formula is C22H28N4O3S. The second kappa shape index (κ2) is 10.2. The largest absolute Gasteiger partial charge is 0.379 e. The molecular weight excluding hydrogens is 400 g/mol. The molecule has 0 unspecified atom stereocenters. The summed E-state index contributed by atoms with van der Waals surface area (Å²) in [4.78, 5) is 29.0. The molecule has 3 N–H and O–H groups in total. The summed E-state index contributed by atoms with van der Waals surface area (Å²) < 4.78 is 5.35. The van der Waals surface area contributed by atoms with Gasteiger partial charge in [0.25, 0.3) is 5.91 Å². The van der Waals surface area contributed by atoms with Gasteiger partial charge in [-0.3, -0.25) is 14.5 Å². The minimum absolute atomic E-state index is 0.120. The summed E-state index contributed by atoms with van der Waals surface area (Å²) in [6.07, 6.45) is 2.92. The number of ether oxygens (including phenoxy) is 1. The molecule has 0 radical (unpaired) electrons. The molecule has 1 saturated heterocycles. The number of amides is 2. The summed E-state index contributed by atoms with van der Waals surface area (Å²) in [6, 6.07) is 9.41. The van der Waals surface area contributed by atoms with Crippen molar-refractivity contribution in [1.29, 1.82) is 0 Å². The van der Waals surface area contributed by atoms with Gasteiger partial charge in [0.1, 0.15) is 5.00 Å². The molecule has 1 aliphatic heterocycles. The topological polar surface area (TPSA) is 82.7 Å². The SMILES string of the molecule is O=C(CNCCN1CCOCC1)Nc1sc2c(c1C(=O)Nc1ccccc1)CCC2. The first-order valence-electron chi connectivity index (χ1n) is 10.5. The predicted molar refractivity (Wildman–Crippen MR) is 119 cm³/mol. The van der Waals surface area contributed by atoms with E-state index >= 15 is 0 Å². The van der Waals surface area contributed by atoms with E-state index in [-0.39, 0.29) is 18.4 Å². The van der Waals surface area contributed by atoms with Crippen molar-refractivity contribution >= 4 is 33.8 Å². The van der Waals surface area contributed by atoms with Gasteiger partial charge in [-0.2, -0.15) is 0 Å². The third-order valence-electron chi connectivity index (χ3n) is 5.43. The third-order valence-corrected chi connectivity index (χ3v) is 6.63. The first kappa shape index (κ1) is 21.0. The number of fused-ring (bicyclic) bond motifs is 1. The highest BCUT2D eigenvalue weighted by Gasteiger charge is 2.27. The molecule has 2 heterocycles. The molecule has 8 heteroatoms. The molecule has 1 fully saturated rings. The van der Waals surface area contributed by atoms with E-state index in [1.165, 1.54) is 16.2 Å². The Morgan fingerprint density at radius 2 is 1.87 bits per heavy atom. The second-order valence-corrected chi connectivity index (χ2v) is 8.67.